The van der Waals surface area contributed by atoms with Gasteiger partial charge in [-0.1, -0.05) is 61.9 Å². The molecule has 3 aromatic rings. The fourth-order valence-corrected chi connectivity index (χ4v) is 7.76. The predicted octanol–water partition coefficient (Wildman–Crippen LogP) is 7.98. The second kappa shape index (κ2) is 13.7. The van der Waals surface area contributed by atoms with Gasteiger partial charge in [0.2, 0.25) is 0 Å². The summed E-state index contributed by atoms with van der Waals surface area (Å²) in [5.41, 5.74) is 2.03. The van der Waals surface area contributed by atoms with E-state index >= 15 is 0 Å². The molecule has 8 nitrogen and oxygen atoms in total. The third-order valence-electron chi connectivity index (χ3n) is 10.1. The molecule has 2 aromatic heterocycles. The van der Waals surface area contributed by atoms with Crippen molar-refractivity contribution in [3.8, 4) is 0 Å². The van der Waals surface area contributed by atoms with Gasteiger partial charge in [-0.15, -0.1) is 0 Å². The molecule has 3 aliphatic rings. The number of nitrogens with zero attached hydrogens (tertiary/aromatic N) is 2. The molecular formula is C39H37ClN2O6. The second-order valence-electron chi connectivity index (χ2n) is 13.2. The number of aromatic nitrogens is 2. The number of pyridine rings is 2. The summed E-state index contributed by atoms with van der Waals surface area (Å²) >= 11 is 6.01. The lowest BCUT2D eigenvalue weighted by molar-refractivity contribution is -0.150. The van der Waals surface area contributed by atoms with Crippen LogP contribution in [-0.2, 0) is 19.0 Å². The molecule has 2 saturated carbocycles. The summed E-state index contributed by atoms with van der Waals surface area (Å²) in [6.07, 6.45) is 15.8. The first-order valence-electron chi connectivity index (χ1n) is 16.0. The standard InChI is InChI=1S/C39H37ClN2O6/c1-25-8-15-33-38(2,32(25)14-11-27-21-31(47-36(27)44)20-26-9-12-30(40)13-10-26)17-16-34(48-37(45)29-7-5-19-42-23-29)39(33,3)24-46-35(43)28-6-4-18-41-22-28/h4-7,9-14,18-23,32-34H,1,8,15-17,24H2,2-3H3/b14-11+,31-20+/t32-,33?,34-,38+,39+/m1/s1. The van der Waals surface area contributed by atoms with E-state index in [0.717, 1.165) is 30.4 Å². The number of carbonyl (C=O) groups excluding carboxylic acids is 3. The van der Waals surface area contributed by atoms with E-state index in [4.69, 9.17) is 25.8 Å². The van der Waals surface area contributed by atoms with Crippen molar-refractivity contribution in [2.45, 2.75) is 45.6 Å². The molecule has 0 bridgehead atoms. The second-order valence-corrected chi connectivity index (χ2v) is 13.6. The number of allylic oxidation sites excluding steroid dienone is 3. The predicted molar refractivity (Wildman–Crippen MR) is 182 cm³/mol. The van der Waals surface area contributed by atoms with Gasteiger partial charge in [0.1, 0.15) is 18.5 Å². The van der Waals surface area contributed by atoms with Gasteiger partial charge in [0.15, 0.2) is 0 Å². The van der Waals surface area contributed by atoms with E-state index in [1.54, 1.807) is 60.9 Å². The van der Waals surface area contributed by atoms with Gasteiger partial charge < -0.3 is 14.2 Å². The molecule has 2 aliphatic carbocycles. The van der Waals surface area contributed by atoms with E-state index in [2.05, 4.69) is 29.5 Å². The van der Waals surface area contributed by atoms with Gasteiger partial charge in [-0.25, -0.2) is 14.4 Å². The van der Waals surface area contributed by atoms with Crippen LogP contribution in [-0.4, -0.2) is 40.6 Å². The topological polar surface area (TPSA) is 105 Å². The van der Waals surface area contributed by atoms with E-state index in [0.29, 0.717) is 33.9 Å². The smallest absolute Gasteiger partial charge is 0.343 e. The number of hydrogen-bond acceptors (Lipinski definition) is 8. The van der Waals surface area contributed by atoms with Crippen molar-refractivity contribution in [1.29, 1.82) is 0 Å². The zero-order valence-corrected chi connectivity index (χ0v) is 27.7. The molecule has 246 valence electrons. The maximum absolute atomic E-state index is 13.3. The number of ether oxygens (including phenoxy) is 3. The highest BCUT2D eigenvalue weighted by molar-refractivity contribution is 6.30. The minimum atomic E-state index is -0.727. The van der Waals surface area contributed by atoms with Crippen LogP contribution < -0.4 is 0 Å². The molecule has 0 amide bonds. The van der Waals surface area contributed by atoms with Crippen molar-refractivity contribution in [3.05, 3.63) is 137 Å². The van der Waals surface area contributed by atoms with Crippen LogP contribution in [0, 0.1) is 22.7 Å². The Morgan fingerprint density at radius 3 is 2.38 bits per heavy atom. The van der Waals surface area contributed by atoms with E-state index < -0.39 is 29.4 Å². The minimum Gasteiger partial charge on any atom is -0.461 e. The summed E-state index contributed by atoms with van der Waals surface area (Å²) in [5, 5.41) is 0.627. The van der Waals surface area contributed by atoms with Crippen LogP contribution in [0.1, 0.15) is 65.8 Å². The molecule has 6 rings (SSSR count). The Balaban J connectivity index is 1.28. The van der Waals surface area contributed by atoms with E-state index in [1.165, 1.54) is 12.4 Å². The lowest BCUT2D eigenvalue weighted by Crippen LogP contribution is -2.58. The zero-order chi connectivity index (χ0) is 33.9. The lowest BCUT2D eigenvalue weighted by atomic mass is 9.46. The Morgan fingerprint density at radius 2 is 1.71 bits per heavy atom. The first kappa shape index (κ1) is 33.1. The summed E-state index contributed by atoms with van der Waals surface area (Å²) in [5.74, 6) is -1.03. The molecule has 0 N–H and O–H groups in total. The van der Waals surface area contributed by atoms with Crippen LogP contribution in [0.2, 0.25) is 5.02 Å². The van der Waals surface area contributed by atoms with E-state index in [9.17, 15) is 14.4 Å². The van der Waals surface area contributed by atoms with Crippen molar-refractivity contribution in [1.82, 2.24) is 9.97 Å². The van der Waals surface area contributed by atoms with Crippen LogP contribution in [0.4, 0.5) is 0 Å². The first-order chi connectivity index (χ1) is 23.1. The van der Waals surface area contributed by atoms with E-state index in [-0.39, 0.29) is 23.9 Å². The Morgan fingerprint density at radius 1 is 1.02 bits per heavy atom. The van der Waals surface area contributed by atoms with Crippen LogP contribution in [0.15, 0.2) is 115 Å². The average molecular weight is 665 g/mol. The van der Waals surface area contributed by atoms with Crippen molar-refractivity contribution < 1.29 is 28.6 Å². The third-order valence-corrected chi connectivity index (χ3v) is 10.4. The van der Waals surface area contributed by atoms with Crippen molar-refractivity contribution in [3.63, 3.8) is 0 Å². The van der Waals surface area contributed by atoms with E-state index in [1.807, 2.05) is 25.1 Å². The number of esters is 3. The number of fused-ring (bicyclic) bond motifs is 1. The molecule has 1 unspecified atom stereocenters. The first-order valence-corrected chi connectivity index (χ1v) is 16.4. The number of carbonyl (C=O) groups is 3. The SMILES string of the molecule is C=C1CCC2[C@](C)(COC(=O)c3cccnc3)[C@H](OC(=O)c3cccnc3)CC[C@@]2(C)[C@@H]1/C=C/C1=CC(=C\c2ccc(Cl)cc2)/OC1=O. The van der Waals surface area contributed by atoms with Gasteiger partial charge in [0.05, 0.1) is 16.7 Å². The highest BCUT2D eigenvalue weighted by atomic mass is 35.5. The number of hydrogen-bond donors (Lipinski definition) is 0. The molecule has 1 aliphatic heterocycles. The van der Waals surface area contributed by atoms with Crippen LogP contribution in [0.25, 0.3) is 6.08 Å². The maximum Gasteiger partial charge on any atom is 0.343 e. The Bertz CT molecular complexity index is 1800. The lowest BCUT2D eigenvalue weighted by Gasteiger charge is -2.59. The molecule has 2 fully saturated rings. The van der Waals surface area contributed by atoms with Gasteiger partial charge in [-0.2, -0.15) is 0 Å². The van der Waals surface area contributed by atoms with Crippen LogP contribution >= 0.6 is 11.6 Å². The molecule has 48 heavy (non-hydrogen) atoms. The summed E-state index contributed by atoms with van der Waals surface area (Å²) < 4.78 is 17.7. The minimum absolute atomic E-state index is 0.0165. The molecule has 5 atom stereocenters. The summed E-state index contributed by atoms with van der Waals surface area (Å²) in [7, 11) is 0. The fraction of sp³-hybridized carbons (Fsp3) is 0.308. The monoisotopic (exact) mass is 664 g/mol. The van der Waals surface area contributed by atoms with Gasteiger partial charge in [0.25, 0.3) is 0 Å². The molecule has 1 aromatic carbocycles. The Hall–Kier alpha value is -4.82. The summed E-state index contributed by atoms with van der Waals surface area (Å²) in [6.45, 7) is 8.77. The quantitative estimate of drug-likeness (QED) is 0.136. The Kier molecular flexibility index (Phi) is 9.47. The zero-order valence-electron chi connectivity index (χ0n) is 26.9. The summed E-state index contributed by atoms with van der Waals surface area (Å²) in [4.78, 5) is 47.4. The number of cyclic esters (lactones) is 1. The Labute approximate surface area is 285 Å². The average Bonchev–Trinajstić information content (AvgIpc) is 3.44. The number of halogens is 1. The van der Waals surface area contributed by atoms with Gasteiger partial charge in [-0.3, -0.25) is 9.97 Å². The molecule has 0 spiro atoms. The van der Waals surface area contributed by atoms with Crippen molar-refractivity contribution in [2.24, 2.45) is 22.7 Å². The third kappa shape index (κ3) is 6.76. The van der Waals surface area contributed by atoms with Crippen molar-refractivity contribution in [2.75, 3.05) is 6.61 Å². The molecule has 0 saturated heterocycles. The number of rotatable bonds is 8. The molecule has 9 heteroatoms. The molecule has 3 heterocycles. The van der Waals surface area contributed by atoms with Crippen LogP contribution in [0.3, 0.4) is 0 Å². The largest absolute Gasteiger partial charge is 0.461 e. The number of benzene rings is 1. The fourth-order valence-electron chi connectivity index (χ4n) is 7.64. The van der Waals surface area contributed by atoms with Crippen LogP contribution in [0.5, 0.6) is 0 Å². The van der Waals surface area contributed by atoms with Gasteiger partial charge >= 0.3 is 17.9 Å². The normalized spacial score (nSPS) is 27.7. The molecular weight excluding hydrogens is 628 g/mol. The summed E-state index contributed by atoms with van der Waals surface area (Å²) in [6, 6.07) is 14.0. The maximum atomic E-state index is 13.3. The highest BCUT2D eigenvalue weighted by Crippen LogP contribution is 2.62. The van der Waals surface area contributed by atoms with Gasteiger partial charge in [0, 0.05) is 41.1 Å². The highest BCUT2D eigenvalue weighted by Gasteiger charge is 2.59. The van der Waals surface area contributed by atoms with Gasteiger partial charge in [-0.05, 0) is 91.1 Å². The van der Waals surface area contributed by atoms with Crippen molar-refractivity contribution >= 4 is 35.6 Å². The molecule has 0 radical (unpaired) electrons.